The molecular weight excluding hydrogens is 1800 g/mol. The molecule has 35 rings (SSSR count). The van der Waals surface area contributed by atoms with E-state index in [0.29, 0.717) is 0 Å². The van der Waals surface area contributed by atoms with Crippen molar-refractivity contribution in [3.63, 3.8) is 0 Å². The van der Waals surface area contributed by atoms with Gasteiger partial charge in [0.05, 0.1) is 55.2 Å². The molecule has 8 saturated carbocycles. The van der Waals surface area contributed by atoms with E-state index in [1.165, 1.54) is 291 Å². The summed E-state index contributed by atoms with van der Waals surface area (Å²) in [6, 6.07) is 164. The number of para-hydroxylation sites is 8. The highest BCUT2D eigenvalue weighted by atomic mass is 15.2. The highest BCUT2D eigenvalue weighted by molar-refractivity contribution is 6.15. The molecule has 5 aromatic heterocycles. The average Bonchev–Trinajstić information content (AvgIpc) is 1.52. The van der Waals surface area contributed by atoms with Crippen LogP contribution >= 0.6 is 0 Å². The Morgan fingerprint density at radius 2 is 0.470 bits per heavy atom. The lowest BCUT2D eigenvalue weighted by Crippen LogP contribution is -2.55. The van der Waals surface area contributed by atoms with Gasteiger partial charge in [-0.15, -0.1) is 0 Å². The lowest BCUT2D eigenvalue weighted by molar-refractivity contribution is -0.0399. The molecule has 716 valence electrons. The summed E-state index contributed by atoms with van der Waals surface area (Å²) in [5.74, 6) is 7.29. The third-order valence-corrected chi connectivity index (χ3v) is 38.7. The highest BCUT2D eigenvalue weighted by Gasteiger charge is 2.63. The predicted molar refractivity (Wildman–Crippen MR) is 618 cm³/mol. The fourth-order valence-corrected chi connectivity index (χ4v) is 33.6. The molecule has 0 unspecified atom stereocenters. The Labute approximate surface area is 869 Å². The van der Waals surface area contributed by atoms with E-state index in [2.05, 4.69) is 460 Å². The minimum absolute atomic E-state index is 0.151. The Balaban J connectivity index is 0.0000000992. The Bertz CT molecular complexity index is 9500. The first-order valence-corrected chi connectivity index (χ1v) is 55.5. The molecule has 0 saturated heterocycles. The van der Waals surface area contributed by atoms with Crippen LogP contribution in [0.1, 0.15) is 143 Å². The fraction of sp³-hybridized carbons (Fsp3) is 0.196. The van der Waals surface area contributed by atoms with E-state index < -0.39 is 0 Å². The van der Waals surface area contributed by atoms with Crippen LogP contribution in [0.3, 0.4) is 0 Å². The molecule has 0 N–H and O–H groups in total. The third kappa shape index (κ3) is 12.4. The Morgan fingerprint density at radius 1 is 0.181 bits per heavy atom. The van der Waals surface area contributed by atoms with Crippen molar-refractivity contribution in [3.8, 4) is 107 Å². The second-order valence-corrected chi connectivity index (χ2v) is 45.4. The van der Waals surface area contributed by atoms with Gasteiger partial charge in [-0.2, -0.15) is 0 Å². The summed E-state index contributed by atoms with van der Waals surface area (Å²) in [5, 5.41) is 10.3. The normalized spacial score (nSPS) is 22.1. The molecule has 0 radical (unpaired) electrons. The van der Waals surface area contributed by atoms with E-state index >= 15 is 0 Å². The molecule has 5 heterocycles. The van der Waals surface area contributed by atoms with Crippen LogP contribution in [0.5, 0.6) is 0 Å². The third-order valence-electron chi connectivity index (χ3n) is 38.7. The van der Waals surface area contributed by atoms with Gasteiger partial charge in [0.2, 0.25) is 5.95 Å². The van der Waals surface area contributed by atoms with Crippen LogP contribution in [0, 0.1) is 47.3 Å². The van der Waals surface area contributed by atoms with Crippen LogP contribution in [0.4, 0.5) is 0 Å². The van der Waals surface area contributed by atoms with E-state index in [-0.39, 0.29) is 16.2 Å². The number of hydrogen-bond acceptors (Lipinski definition) is 1. The first-order chi connectivity index (χ1) is 73.9. The van der Waals surface area contributed by atoms with Crippen LogP contribution in [0.2, 0.25) is 0 Å². The van der Waals surface area contributed by atoms with E-state index in [1.807, 2.05) is 0 Å². The summed E-state index contributed by atoms with van der Waals surface area (Å²) in [4.78, 5) is 5.34. The molecule has 6 heteroatoms. The second-order valence-electron chi connectivity index (χ2n) is 45.4. The van der Waals surface area contributed by atoms with Gasteiger partial charge in [0.25, 0.3) is 0 Å². The summed E-state index contributed by atoms with van der Waals surface area (Å²) < 4.78 is 12.1. The number of rotatable bonds is 9. The average molecular weight is 1920 g/mol. The molecular formula is C143H114N6. The van der Waals surface area contributed by atoms with Gasteiger partial charge < -0.3 is 13.7 Å². The van der Waals surface area contributed by atoms with Crippen LogP contribution in [-0.2, 0) is 16.2 Å². The van der Waals surface area contributed by atoms with E-state index in [0.717, 1.165) is 70.0 Å². The predicted octanol–water partition coefficient (Wildman–Crippen LogP) is 36.9. The van der Waals surface area contributed by atoms with E-state index in [9.17, 15) is 0 Å². The zero-order valence-corrected chi connectivity index (χ0v) is 83.9. The minimum atomic E-state index is 0.151. The second kappa shape index (κ2) is 33.4. The summed E-state index contributed by atoms with van der Waals surface area (Å²) in [6.07, 6.45) is 23.5. The molecule has 149 heavy (non-hydrogen) atoms. The van der Waals surface area contributed by atoms with Crippen LogP contribution in [0.15, 0.2) is 437 Å². The fourth-order valence-electron chi connectivity index (χ4n) is 33.6. The van der Waals surface area contributed by atoms with Crippen molar-refractivity contribution < 1.29 is 0 Å². The number of hydrogen-bond donors (Lipinski definition) is 0. The first kappa shape index (κ1) is 86.0. The van der Waals surface area contributed by atoms with Crippen molar-refractivity contribution in [1.82, 2.24) is 27.8 Å². The van der Waals surface area contributed by atoms with Gasteiger partial charge in [0.1, 0.15) is 0 Å². The van der Waals surface area contributed by atoms with Gasteiger partial charge in [-0.1, -0.05) is 353 Å². The maximum absolute atomic E-state index is 5.34. The number of imidazole rings is 1. The van der Waals surface area contributed by atoms with Gasteiger partial charge in [-0.25, -0.2) is 4.98 Å². The molecule has 8 fully saturated rings. The van der Waals surface area contributed by atoms with Gasteiger partial charge in [-0.05, 0) is 351 Å². The molecule has 0 atom stereocenters. The van der Waals surface area contributed by atoms with Crippen molar-refractivity contribution in [1.29, 1.82) is 0 Å². The lowest BCUT2D eigenvalue weighted by Gasteiger charge is -2.61. The van der Waals surface area contributed by atoms with Crippen molar-refractivity contribution in [2.75, 3.05) is 0 Å². The number of benzene rings is 19. The van der Waals surface area contributed by atoms with Gasteiger partial charge in [-0.3, -0.25) is 9.13 Å². The maximum atomic E-state index is 5.34. The van der Waals surface area contributed by atoms with Gasteiger partial charge >= 0.3 is 0 Å². The molecule has 19 aromatic carbocycles. The highest BCUT2D eigenvalue weighted by Crippen LogP contribution is 2.72. The summed E-state index contributed by atoms with van der Waals surface area (Å²) in [6.45, 7) is 0. The first-order valence-electron chi connectivity index (χ1n) is 55.5. The number of aromatic nitrogens is 6. The molecule has 11 aliphatic rings. The summed E-state index contributed by atoms with van der Waals surface area (Å²) in [7, 11) is 0. The quantitative estimate of drug-likeness (QED) is 0.142. The van der Waals surface area contributed by atoms with Crippen molar-refractivity contribution in [2.45, 2.75) is 125 Å². The largest absolute Gasteiger partial charge is 0.309 e. The topological polar surface area (TPSA) is 37.5 Å². The minimum Gasteiger partial charge on any atom is -0.309 e. The zero-order valence-electron chi connectivity index (χ0n) is 83.9. The Morgan fingerprint density at radius 3 is 0.886 bits per heavy atom. The van der Waals surface area contributed by atoms with Gasteiger partial charge in [0.15, 0.2) is 0 Å². The van der Waals surface area contributed by atoms with Crippen molar-refractivity contribution in [3.05, 3.63) is 470 Å². The molecule has 0 aliphatic heterocycles. The van der Waals surface area contributed by atoms with Gasteiger partial charge in [0, 0.05) is 82.1 Å². The lowest BCUT2D eigenvalue weighted by atomic mass is 9.43. The zero-order chi connectivity index (χ0) is 97.5. The smallest absolute Gasteiger partial charge is 0.220 e. The SMILES string of the molecule is c1ccc(-c2cccc(-n3c4ccccc4c4ccc(-c5cccc6c5-c5ccccc5C65C6CCCC5CCC6)cc43)c2)cc1.c1ccc(-n2c(-n3c4ccccc4c4ccc(-c5cccc6c5-c5ccccc5C65C6CCCC5CCC6)cc43)nc3ccccc32)cc1.c1ccc2c(c1)-c1c(-c3ccc4c5ccccc5n(-c5ccc(-n6c7ccccc7c7ccccc76)cc5)c4c3)cccc1C21C2CC3CC(C2)CC1C3. The monoisotopic (exact) mass is 1910 g/mol. The molecule has 11 aliphatic carbocycles. The maximum Gasteiger partial charge on any atom is 0.220 e. The molecule has 6 nitrogen and oxygen atoms in total. The Hall–Kier alpha value is -16.2. The van der Waals surface area contributed by atoms with E-state index in [1.54, 1.807) is 33.4 Å². The summed E-state index contributed by atoms with van der Waals surface area (Å²) in [5.41, 5.74) is 46.1. The standard InChI is InChI=1S/C52H40N2.C46H37N3.C45H37N/c1-5-15-45-44(13-1)51-39(14-9-16-46(51)52(45)35-27-32-26-33(29-35)30-36(52)28-32)34-20-25-43-42-12-4-8-19-49(42)54(50(43)31-34)38-23-21-37(22-24-38)53-47-17-6-2-10-40(47)41-11-3-7-18-48(41)53;1-2-17-33(18-3-1)48-42-26-9-7-24-40(42)47-45(48)49-41-25-8-5-19-35(41)36-28-27-30(29-43(36)49)34-21-12-23-39-44(34)37-20-4-6-22-38(37)46(39)31-13-10-14-32(46)16-11-15-31;1-2-12-30(13-3-1)31-14-8-19-35(28-31)46-42-25-7-5-20-37(42)38-27-26-32(29-43(38)46)36-22-11-24-41-44(36)39-21-4-6-23-40(39)45(41)33-15-9-16-34(45)18-10-17-33/h1-25,31-33,35-36H,26-30H2;1-9,12,17-29,31-32H,10-11,13-16H2;1-8,11-14,19-29,33-34H,9-10,15-18H2. The van der Waals surface area contributed by atoms with Crippen LogP contribution in [0.25, 0.3) is 205 Å². The van der Waals surface area contributed by atoms with Crippen molar-refractivity contribution >= 4 is 98.3 Å². The van der Waals surface area contributed by atoms with Crippen LogP contribution < -0.4 is 0 Å². The number of fused-ring (bicyclic) bond motifs is 22. The molecule has 3 spiro atoms. The molecule has 8 bridgehead atoms. The molecule has 24 aromatic rings. The van der Waals surface area contributed by atoms with E-state index in [4.69, 9.17) is 4.98 Å². The molecule has 0 amide bonds. The summed E-state index contributed by atoms with van der Waals surface area (Å²) >= 11 is 0. The number of nitrogens with zero attached hydrogens (tertiary/aromatic N) is 6. The Kier molecular flexibility index (Phi) is 19.3. The van der Waals surface area contributed by atoms with Crippen LogP contribution in [-0.4, -0.2) is 27.8 Å². The van der Waals surface area contributed by atoms with Crippen molar-refractivity contribution in [2.24, 2.45) is 47.3 Å².